The number of hydrogen-bond acceptors (Lipinski definition) is 4. The van der Waals surface area contributed by atoms with Crippen LogP contribution in [0.1, 0.15) is 53.4 Å². The van der Waals surface area contributed by atoms with E-state index in [2.05, 4.69) is 30.1 Å². The number of H-pyrrole nitrogens is 1. The molecular formula is C27H31N2O4+. The van der Waals surface area contributed by atoms with Gasteiger partial charge in [0.2, 0.25) is 5.76 Å². The number of para-hydroxylation sites is 1. The van der Waals surface area contributed by atoms with E-state index in [-0.39, 0.29) is 22.2 Å². The van der Waals surface area contributed by atoms with Crippen LogP contribution >= 0.6 is 0 Å². The standard InChI is InChI=1S/C27H30N2O4/c1-5-21-24(18-10-12-19(13-11-18)27(32)33-4)29(6-2,26(31)25(21)30)15-14-20-16-28-23-17(3)8-7-9-22(20)23/h7-13,16,24,28H,5-6,14-15H2,1-4H3/p+1. The number of hydrogen-bond donors (Lipinski definition) is 2. The highest BCUT2D eigenvalue weighted by molar-refractivity contribution is 5.90. The summed E-state index contributed by atoms with van der Waals surface area (Å²) < 4.78 is 4.94. The number of nitrogens with zero attached hydrogens (tertiary/aromatic N) is 1. The number of likely N-dealkylation sites (N-methyl/N-ethyl adjacent to an activating group) is 1. The molecule has 0 saturated heterocycles. The minimum atomic E-state index is -0.399. The van der Waals surface area contributed by atoms with Crippen molar-refractivity contribution in [2.45, 2.75) is 39.7 Å². The van der Waals surface area contributed by atoms with Crippen molar-refractivity contribution in [2.75, 3.05) is 20.2 Å². The predicted octanol–water partition coefficient (Wildman–Crippen LogP) is 5.15. The molecule has 0 bridgehead atoms. The smallest absolute Gasteiger partial charge is 0.381 e. The number of rotatable bonds is 7. The van der Waals surface area contributed by atoms with Crippen molar-refractivity contribution in [3.05, 3.63) is 82.2 Å². The number of methoxy groups -OCH3 is 1. The molecule has 2 aromatic carbocycles. The first-order valence-corrected chi connectivity index (χ1v) is 11.4. The van der Waals surface area contributed by atoms with Gasteiger partial charge in [0.15, 0.2) is 0 Å². The lowest BCUT2D eigenvalue weighted by atomic mass is 9.94. The van der Waals surface area contributed by atoms with Gasteiger partial charge in [0.25, 0.3) is 0 Å². The molecule has 2 unspecified atom stereocenters. The van der Waals surface area contributed by atoms with Gasteiger partial charge in [-0.1, -0.05) is 37.3 Å². The largest absolute Gasteiger partial charge is 0.500 e. The number of aromatic amines is 1. The summed E-state index contributed by atoms with van der Waals surface area (Å²) in [4.78, 5) is 28.8. The summed E-state index contributed by atoms with van der Waals surface area (Å²) in [5.74, 6) is -0.743. The second-order valence-corrected chi connectivity index (χ2v) is 8.68. The molecule has 2 heterocycles. The van der Waals surface area contributed by atoms with Gasteiger partial charge in [0, 0.05) is 34.7 Å². The van der Waals surface area contributed by atoms with E-state index < -0.39 is 5.97 Å². The van der Waals surface area contributed by atoms with Crippen molar-refractivity contribution in [3.8, 4) is 0 Å². The third-order valence-corrected chi connectivity index (χ3v) is 7.12. The Balaban J connectivity index is 1.73. The molecule has 0 spiro atoms. The number of nitrogens with one attached hydrogen (secondary N) is 1. The van der Waals surface area contributed by atoms with Crippen LogP contribution < -0.4 is 0 Å². The molecule has 0 saturated carbocycles. The van der Waals surface area contributed by atoms with Crippen LogP contribution in [0.3, 0.4) is 0 Å². The minimum Gasteiger partial charge on any atom is -0.500 e. The molecule has 6 heteroatoms. The third kappa shape index (κ3) is 3.64. The number of aliphatic hydroxyl groups is 1. The first-order valence-electron chi connectivity index (χ1n) is 11.4. The number of fused-ring (bicyclic) bond motifs is 1. The zero-order valence-corrected chi connectivity index (χ0v) is 19.6. The van der Waals surface area contributed by atoms with E-state index in [1.165, 1.54) is 18.1 Å². The number of ether oxygens (including phenoxy) is 1. The number of carbonyl (C=O) groups is 2. The number of aliphatic hydroxyl groups excluding tert-OH is 1. The Kier molecular flexibility index (Phi) is 6.13. The number of carbonyl (C=O) groups excluding carboxylic acids is 2. The van der Waals surface area contributed by atoms with Gasteiger partial charge < -0.3 is 14.8 Å². The fraction of sp³-hybridized carbons (Fsp3) is 0.333. The van der Waals surface area contributed by atoms with E-state index in [9.17, 15) is 14.7 Å². The van der Waals surface area contributed by atoms with Crippen molar-refractivity contribution >= 4 is 22.8 Å². The van der Waals surface area contributed by atoms with Crippen molar-refractivity contribution < 1.29 is 23.9 Å². The number of aromatic nitrogens is 1. The number of amides is 1. The molecule has 2 atom stereocenters. The molecule has 172 valence electrons. The Morgan fingerprint density at radius 3 is 2.52 bits per heavy atom. The lowest BCUT2D eigenvalue weighted by molar-refractivity contribution is -0.872. The van der Waals surface area contributed by atoms with Crippen molar-refractivity contribution in [2.24, 2.45) is 0 Å². The summed E-state index contributed by atoms with van der Waals surface area (Å²) in [7, 11) is 1.35. The third-order valence-electron chi connectivity index (χ3n) is 7.12. The van der Waals surface area contributed by atoms with Crippen LogP contribution in [0.4, 0.5) is 0 Å². The van der Waals surface area contributed by atoms with Crippen LogP contribution in [0.25, 0.3) is 10.9 Å². The van der Waals surface area contributed by atoms with Gasteiger partial charge in [0.05, 0.1) is 25.8 Å². The average Bonchev–Trinajstić information content (AvgIpc) is 3.35. The van der Waals surface area contributed by atoms with Gasteiger partial charge in [-0.2, -0.15) is 0 Å². The van der Waals surface area contributed by atoms with E-state index in [1.807, 2.05) is 32.2 Å². The molecule has 6 nitrogen and oxygen atoms in total. The number of benzene rings is 2. The highest BCUT2D eigenvalue weighted by Crippen LogP contribution is 2.45. The summed E-state index contributed by atoms with van der Waals surface area (Å²) in [6.45, 7) is 7.16. The van der Waals surface area contributed by atoms with Crippen LogP contribution in [0.15, 0.2) is 60.0 Å². The highest BCUT2D eigenvalue weighted by atomic mass is 16.5. The maximum absolute atomic E-state index is 13.5. The first-order chi connectivity index (χ1) is 15.9. The maximum Gasteiger partial charge on any atom is 0.381 e. The van der Waals surface area contributed by atoms with Crippen molar-refractivity contribution in [1.82, 2.24) is 4.98 Å². The molecule has 2 N–H and O–H groups in total. The Labute approximate surface area is 194 Å². The second-order valence-electron chi connectivity index (χ2n) is 8.68. The Morgan fingerprint density at radius 1 is 1.15 bits per heavy atom. The summed E-state index contributed by atoms with van der Waals surface area (Å²) in [6, 6.07) is 13.1. The minimum absolute atomic E-state index is 0.115. The summed E-state index contributed by atoms with van der Waals surface area (Å²) in [5.41, 5.74) is 5.59. The topological polar surface area (TPSA) is 79.4 Å². The van der Waals surface area contributed by atoms with Gasteiger partial charge in [-0.3, -0.25) is 0 Å². The van der Waals surface area contributed by atoms with Gasteiger partial charge in [0.1, 0.15) is 6.04 Å². The molecule has 1 aromatic heterocycles. The Hall–Kier alpha value is -3.38. The molecule has 4 rings (SSSR count). The van der Waals surface area contributed by atoms with Gasteiger partial charge in [-0.05, 0) is 43.5 Å². The molecule has 0 aliphatic carbocycles. The Morgan fingerprint density at radius 2 is 1.88 bits per heavy atom. The normalized spacial score (nSPS) is 20.6. The van der Waals surface area contributed by atoms with E-state index >= 15 is 0 Å². The quantitative estimate of drug-likeness (QED) is 0.388. The van der Waals surface area contributed by atoms with E-state index in [0.717, 1.165) is 22.2 Å². The monoisotopic (exact) mass is 447 g/mol. The summed E-state index contributed by atoms with van der Waals surface area (Å²) in [5, 5.41) is 12.0. The van der Waals surface area contributed by atoms with Crippen LogP contribution in [0.2, 0.25) is 0 Å². The van der Waals surface area contributed by atoms with E-state index in [1.54, 1.807) is 12.1 Å². The summed E-state index contributed by atoms with van der Waals surface area (Å²) >= 11 is 0. The van der Waals surface area contributed by atoms with Gasteiger partial charge in [-0.15, -0.1) is 0 Å². The first kappa shape index (κ1) is 22.8. The van der Waals surface area contributed by atoms with Gasteiger partial charge >= 0.3 is 11.9 Å². The zero-order valence-electron chi connectivity index (χ0n) is 19.6. The lowest BCUT2D eigenvalue weighted by Gasteiger charge is -2.38. The van der Waals surface area contributed by atoms with Crippen LogP contribution in [-0.2, 0) is 16.0 Å². The number of esters is 1. The Bertz CT molecular complexity index is 1240. The van der Waals surface area contributed by atoms with Crippen molar-refractivity contribution in [1.29, 1.82) is 0 Å². The molecule has 1 aliphatic heterocycles. The molecule has 3 aromatic rings. The number of aryl methyl sites for hydroxylation is 1. The zero-order chi connectivity index (χ0) is 23.8. The van der Waals surface area contributed by atoms with E-state index in [0.29, 0.717) is 31.5 Å². The predicted molar refractivity (Wildman–Crippen MR) is 128 cm³/mol. The molecule has 1 amide bonds. The second kappa shape index (κ2) is 8.87. The molecule has 0 radical (unpaired) electrons. The lowest BCUT2D eigenvalue weighted by Crippen LogP contribution is -2.53. The molecular weight excluding hydrogens is 416 g/mol. The fourth-order valence-corrected chi connectivity index (χ4v) is 5.27. The van der Waals surface area contributed by atoms with Crippen LogP contribution in [-0.4, -0.2) is 46.6 Å². The SMILES string of the molecule is CCC1=C(O)C(=O)[N+](CC)(CCc2c[nH]c3c(C)cccc23)C1c1ccc(C(=O)OC)cc1. The van der Waals surface area contributed by atoms with E-state index in [4.69, 9.17) is 4.74 Å². The molecule has 1 aliphatic rings. The average molecular weight is 448 g/mol. The van der Waals surface area contributed by atoms with Crippen LogP contribution in [0, 0.1) is 6.92 Å². The van der Waals surface area contributed by atoms with Gasteiger partial charge in [-0.25, -0.2) is 14.1 Å². The number of quaternary nitrogens is 1. The van der Waals surface area contributed by atoms with Crippen LogP contribution in [0.5, 0.6) is 0 Å². The fourth-order valence-electron chi connectivity index (χ4n) is 5.27. The maximum atomic E-state index is 13.5. The molecule has 0 fully saturated rings. The highest BCUT2D eigenvalue weighted by Gasteiger charge is 2.54. The summed E-state index contributed by atoms with van der Waals surface area (Å²) in [6.07, 6.45) is 3.30. The van der Waals surface area contributed by atoms with Crippen molar-refractivity contribution in [3.63, 3.8) is 0 Å². The molecule has 33 heavy (non-hydrogen) atoms.